The van der Waals surface area contributed by atoms with Crippen molar-refractivity contribution >= 4 is 0 Å². The first-order chi connectivity index (χ1) is 17.0. The van der Waals surface area contributed by atoms with E-state index in [1.54, 1.807) is 24.3 Å². The maximum atomic E-state index is 15.0. The van der Waals surface area contributed by atoms with Crippen LogP contribution < -0.4 is 4.74 Å². The van der Waals surface area contributed by atoms with Crippen LogP contribution in [0, 0.1) is 24.4 Å². The smallest absolute Gasteiger partial charge is 0.166 e. The molecule has 3 aromatic carbocycles. The molecule has 0 aromatic heterocycles. The largest absolute Gasteiger partial charge is 0.493 e. The molecule has 0 saturated heterocycles. The van der Waals surface area contributed by atoms with Crippen LogP contribution in [0.2, 0.25) is 0 Å². The Morgan fingerprint density at radius 2 is 1.60 bits per heavy atom. The van der Waals surface area contributed by atoms with Crippen LogP contribution >= 0.6 is 0 Å². The molecule has 35 heavy (non-hydrogen) atoms. The number of hydrogen-bond donors (Lipinski definition) is 0. The number of halogens is 3. The predicted molar refractivity (Wildman–Crippen MR) is 133 cm³/mol. The van der Waals surface area contributed by atoms with E-state index >= 15 is 0 Å². The predicted octanol–water partition coefficient (Wildman–Crippen LogP) is 8.50. The molecule has 0 amide bonds. The van der Waals surface area contributed by atoms with E-state index in [-0.39, 0.29) is 30.0 Å². The Balaban J connectivity index is 1.32. The van der Waals surface area contributed by atoms with Gasteiger partial charge >= 0.3 is 0 Å². The van der Waals surface area contributed by atoms with E-state index in [2.05, 4.69) is 6.92 Å². The van der Waals surface area contributed by atoms with Gasteiger partial charge in [-0.3, -0.25) is 0 Å². The Labute approximate surface area is 206 Å². The minimum Gasteiger partial charge on any atom is -0.493 e. The van der Waals surface area contributed by atoms with Crippen LogP contribution in [-0.2, 0) is 11.3 Å². The molecular weight excluding hydrogens is 449 g/mol. The molecule has 2 nitrogen and oxygen atoms in total. The van der Waals surface area contributed by atoms with Gasteiger partial charge in [0.15, 0.2) is 11.6 Å². The Morgan fingerprint density at radius 1 is 0.857 bits per heavy atom. The lowest BCUT2D eigenvalue weighted by Gasteiger charge is -2.29. The van der Waals surface area contributed by atoms with E-state index < -0.39 is 11.6 Å². The minimum atomic E-state index is -0.790. The average molecular weight is 483 g/mol. The highest BCUT2D eigenvalue weighted by atomic mass is 19.2. The molecule has 3 aromatic rings. The summed E-state index contributed by atoms with van der Waals surface area (Å²) in [7, 11) is 0. The summed E-state index contributed by atoms with van der Waals surface area (Å²) in [6.07, 6.45) is 4.80. The molecule has 4 rings (SSSR count). The highest BCUT2D eigenvalue weighted by molar-refractivity contribution is 5.65. The average Bonchev–Trinajstić information content (AvgIpc) is 2.86. The Kier molecular flexibility index (Phi) is 8.50. The molecule has 1 aliphatic carbocycles. The molecule has 1 aliphatic rings. The normalized spacial score (nSPS) is 18.0. The summed E-state index contributed by atoms with van der Waals surface area (Å²) < 4.78 is 55.8. The van der Waals surface area contributed by atoms with E-state index in [0.717, 1.165) is 31.2 Å². The molecule has 0 N–H and O–H groups in total. The summed E-state index contributed by atoms with van der Waals surface area (Å²) in [4.78, 5) is 0. The van der Waals surface area contributed by atoms with Crippen LogP contribution in [0.1, 0.15) is 68.1 Å². The second-order valence-electron chi connectivity index (χ2n) is 9.44. The second kappa shape index (κ2) is 11.8. The standard InChI is InChI=1S/C30H33F3O2/c1-3-4-17-34-25-14-11-23(28(31)18-25)19-35-24-12-9-22(10-13-24)27-16-15-26(29(32)30(27)33)21-7-5-20(2)6-8-21/h5-8,11,14-16,18,22,24H,3-4,9-10,12-13,17,19H2,1-2H3. The molecule has 1 fully saturated rings. The summed E-state index contributed by atoms with van der Waals surface area (Å²) in [6, 6.07) is 15.7. The summed E-state index contributed by atoms with van der Waals surface area (Å²) in [5.41, 5.74) is 2.95. The van der Waals surface area contributed by atoms with Crippen LogP contribution in [0.25, 0.3) is 11.1 Å². The van der Waals surface area contributed by atoms with Crippen LogP contribution in [0.5, 0.6) is 5.75 Å². The SMILES string of the molecule is CCCCOc1ccc(COC2CCC(c3ccc(-c4ccc(C)cc4)c(F)c3F)CC2)c(F)c1. The lowest BCUT2D eigenvalue weighted by atomic mass is 9.82. The van der Waals surface area contributed by atoms with Gasteiger partial charge in [0.25, 0.3) is 0 Å². The molecule has 0 spiro atoms. The van der Waals surface area contributed by atoms with Crippen molar-refractivity contribution in [2.24, 2.45) is 0 Å². The molecule has 0 radical (unpaired) electrons. The zero-order chi connectivity index (χ0) is 24.8. The molecule has 0 bridgehead atoms. The van der Waals surface area contributed by atoms with Gasteiger partial charge in [-0.05, 0) is 62.1 Å². The first kappa shape index (κ1) is 25.3. The van der Waals surface area contributed by atoms with E-state index in [0.29, 0.717) is 41.9 Å². The number of aryl methyl sites for hydroxylation is 1. The van der Waals surface area contributed by atoms with Crippen molar-refractivity contribution in [3.8, 4) is 16.9 Å². The van der Waals surface area contributed by atoms with Gasteiger partial charge in [-0.25, -0.2) is 13.2 Å². The third-order valence-corrected chi connectivity index (χ3v) is 6.85. The number of rotatable bonds is 9. The van der Waals surface area contributed by atoms with E-state index in [4.69, 9.17) is 9.47 Å². The lowest BCUT2D eigenvalue weighted by molar-refractivity contribution is 0.0118. The van der Waals surface area contributed by atoms with Gasteiger partial charge in [-0.2, -0.15) is 0 Å². The summed E-state index contributed by atoms with van der Waals surface area (Å²) in [5, 5.41) is 0. The van der Waals surface area contributed by atoms with Crippen molar-refractivity contribution in [3.05, 3.63) is 88.7 Å². The van der Waals surface area contributed by atoms with Crippen molar-refractivity contribution in [1.29, 1.82) is 0 Å². The highest BCUT2D eigenvalue weighted by Gasteiger charge is 2.27. The highest BCUT2D eigenvalue weighted by Crippen LogP contribution is 2.38. The molecule has 186 valence electrons. The molecular formula is C30H33F3O2. The number of hydrogen-bond acceptors (Lipinski definition) is 2. The Hall–Kier alpha value is -2.79. The fourth-order valence-corrected chi connectivity index (χ4v) is 4.65. The first-order valence-electron chi connectivity index (χ1n) is 12.5. The number of unbranched alkanes of at least 4 members (excludes halogenated alkanes) is 1. The lowest BCUT2D eigenvalue weighted by Crippen LogP contribution is -2.21. The maximum absolute atomic E-state index is 15.0. The van der Waals surface area contributed by atoms with Gasteiger partial charge in [0.2, 0.25) is 0 Å². The van der Waals surface area contributed by atoms with Gasteiger partial charge in [-0.15, -0.1) is 0 Å². The minimum absolute atomic E-state index is 0.0223. The summed E-state index contributed by atoms with van der Waals surface area (Å²) >= 11 is 0. The fraction of sp³-hybridized carbons (Fsp3) is 0.400. The third kappa shape index (κ3) is 6.26. The quantitative estimate of drug-likeness (QED) is 0.285. The van der Waals surface area contributed by atoms with Gasteiger partial charge in [-0.1, -0.05) is 61.4 Å². The fourth-order valence-electron chi connectivity index (χ4n) is 4.65. The molecule has 1 saturated carbocycles. The number of benzene rings is 3. The Bertz CT molecular complexity index is 1120. The van der Waals surface area contributed by atoms with Crippen molar-refractivity contribution in [3.63, 3.8) is 0 Å². The van der Waals surface area contributed by atoms with Crippen LogP contribution in [0.3, 0.4) is 0 Å². The van der Waals surface area contributed by atoms with E-state index in [9.17, 15) is 13.2 Å². The zero-order valence-corrected chi connectivity index (χ0v) is 20.5. The van der Waals surface area contributed by atoms with Gasteiger partial charge in [0, 0.05) is 17.2 Å². The van der Waals surface area contributed by atoms with E-state index in [1.165, 1.54) is 6.07 Å². The maximum Gasteiger partial charge on any atom is 0.166 e. The Morgan fingerprint density at radius 3 is 2.29 bits per heavy atom. The molecule has 0 atom stereocenters. The zero-order valence-electron chi connectivity index (χ0n) is 20.5. The van der Waals surface area contributed by atoms with Crippen LogP contribution in [-0.4, -0.2) is 12.7 Å². The second-order valence-corrected chi connectivity index (χ2v) is 9.44. The van der Waals surface area contributed by atoms with Gasteiger partial charge in [0.05, 0.1) is 19.3 Å². The van der Waals surface area contributed by atoms with Crippen molar-refractivity contribution in [2.45, 2.75) is 71.0 Å². The van der Waals surface area contributed by atoms with Crippen molar-refractivity contribution in [2.75, 3.05) is 6.61 Å². The topological polar surface area (TPSA) is 18.5 Å². The summed E-state index contributed by atoms with van der Waals surface area (Å²) in [5.74, 6) is -1.40. The number of ether oxygens (including phenoxy) is 2. The molecule has 0 heterocycles. The molecule has 0 unspecified atom stereocenters. The molecule has 0 aliphatic heterocycles. The van der Waals surface area contributed by atoms with Crippen LogP contribution in [0.4, 0.5) is 13.2 Å². The monoisotopic (exact) mass is 482 g/mol. The summed E-state index contributed by atoms with van der Waals surface area (Å²) in [6.45, 7) is 4.80. The molecule has 5 heteroatoms. The van der Waals surface area contributed by atoms with Crippen molar-refractivity contribution < 1.29 is 22.6 Å². The van der Waals surface area contributed by atoms with Crippen molar-refractivity contribution in [1.82, 2.24) is 0 Å². The third-order valence-electron chi connectivity index (χ3n) is 6.85. The van der Waals surface area contributed by atoms with Gasteiger partial charge < -0.3 is 9.47 Å². The van der Waals surface area contributed by atoms with Gasteiger partial charge in [0.1, 0.15) is 11.6 Å². The van der Waals surface area contributed by atoms with E-state index in [1.807, 2.05) is 31.2 Å². The van der Waals surface area contributed by atoms with Crippen LogP contribution in [0.15, 0.2) is 54.6 Å². The first-order valence-corrected chi connectivity index (χ1v) is 12.5.